The summed E-state index contributed by atoms with van der Waals surface area (Å²) in [5.41, 5.74) is 1.29. The van der Waals surface area contributed by atoms with Gasteiger partial charge in [0.2, 0.25) is 0 Å². The Hall–Kier alpha value is -1.38. The van der Waals surface area contributed by atoms with Gasteiger partial charge in [0.15, 0.2) is 0 Å². The quantitative estimate of drug-likeness (QED) is 0.463. The molecule has 1 atom stereocenters. The summed E-state index contributed by atoms with van der Waals surface area (Å²) in [4.78, 5) is 0. The Morgan fingerprint density at radius 3 is 2.50 bits per heavy atom. The van der Waals surface area contributed by atoms with Gasteiger partial charge >= 0.3 is 0 Å². The Kier molecular flexibility index (Phi) is 2.23. The van der Waals surface area contributed by atoms with Gasteiger partial charge in [-0.2, -0.15) is 0 Å². The summed E-state index contributed by atoms with van der Waals surface area (Å²) in [5, 5.41) is 5.20. The topological polar surface area (TPSA) is 12.5 Å². The van der Waals surface area contributed by atoms with Crippen LogP contribution in [0.4, 0.5) is 0 Å². The molecule has 1 nitrogen and oxygen atoms in total. The van der Waals surface area contributed by atoms with Crippen LogP contribution in [0.5, 0.6) is 0 Å². The first-order chi connectivity index (χ1) is 8.84. The van der Waals surface area contributed by atoms with E-state index in [9.17, 15) is 0 Å². The van der Waals surface area contributed by atoms with Crippen LogP contribution in [0.25, 0.3) is 21.5 Å². The normalized spacial score (nSPS) is 18.4. The summed E-state index contributed by atoms with van der Waals surface area (Å²) in [5.74, 6) is 0. The Morgan fingerprint density at radius 1 is 0.889 bits per heavy atom. The van der Waals surface area contributed by atoms with Crippen molar-refractivity contribution in [3.8, 4) is 0 Å². The number of rotatable bonds is 1. The zero-order chi connectivity index (χ0) is 12.1. The van der Waals surface area contributed by atoms with Crippen LogP contribution in [0.15, 0.2) is 53.0 Å². The first-order valence-corrected chi connectivity index (χ1v) is 6.85. The number of hydrogen-bond donors (Lipinski definition) is 0. The molecule has 18 heavy (non-hydrogen) atoms. The second kappa shape index (κ2) is 3.81. The molecule has 0 spiro atoms. The summed E-state index contributed by atoms with van der Waals surface area (Å²) in [6.07, 6.45) is 0.268. The van der Waals surface area contributed by atoms with E-state index < -0.39 is 0 Å². The molecule has 2 heteroatoms. The van der Waals surface area contributed by atoms with Crippen molar-refractivity contribution in [2.45, 2.75) is 6.10 Å². The molecule has 4 rings (SSSR count). The van der Waals surface area contributed by atoms with Crippen molar-refractivity contribution < 1.29 is 4.74 Å². The molecule has 1 fully saturated rings. The number of epoxide rings is 1. The lowest BCUT2D eigenvalue weighted by Crippen LogP contribution is -1.87. The van der Waals surface area contributed by atoms with Crippen LogP contribution >= 0.6 is 15.9 Å². The third kappa shape index (κ3) is 1.49. The molecule has 0 aromatic heterocycles. The third-order valence-corrected chi connectivity index (χ3v) is 4.26. The average Bonchev–Trinajstić information content (AvgIpc) is 3.22. The van der Waals surface area contributed by atoms with Gasteiger partial charge in [-0.1, -0.05) is 58.4 Å². The van der Waals surface area contributed by atoms with Crippen molar-refractivity contribution in [2.24, 2.45) is 0 Å². The highest BCUT2D eigenvalue weighted by Gasteiger charge is 2.28. The predicted molar refractivity (Wildman–Crippen MR) is 77.8 cm³/mol. The van der Waals surface area contributed by atoms with E-state index in [1.807, 2.05) is 0 Å². The maximum absolute atomic E-state index is 5.47. The summed E-state index contributed by atoms with van der Waals surface area (Å²) >= 11 is 3.64. The van der Waals surface area contributed by atoms with E-state index in [1.165, 1.54) is 27.1 Å². The van der Waals surface area contributed by atoms with Crippen LogP contribution in [-0.4, -0.2) is 6.61 Å². The van der Waals surface area contributed by atoms with Gasteiger partial charge in [0.1, 0.15) is 6.10 Å². The molecule has 88 valence electrons. The summed E-state index contributed by atoms with van der Waals surface area (Å²) < 4.78 is 6.61. The van der Waals surface area contributed by atoms with Crippen molar-refractivity contribution in [3.63, 3.8) is 0 Å². The van der Waals surface area contributed by atoms with Crippen molar-refractivity contribution in [1.82, 2.24) is 0 Å². The molecule has 1 aliphatic heterocycles. The Labute approximate surface area is 113 Å². The first-order valence-electron chi connectivity index (χ1n) is 6.06. The monoisotopic (exact) mass is 298 g/mol. The van der Waals surface area contributed by atoms with Gasteiger partial charge in [0.05, 0.1) is 6.61 Å². The number of hydrogen-bond acceptors (Lipinski definition) is 1. The Balaban J connectivity index is 2.18. The van der Waals surface area contributed by atoms with E-state index >= 15 is 0 Å². The molecule has 3 aromatic carbocycles. The molecule has 0 aliphatic carbocycles. The van der Waals surface area contributed by atoms with Crippen molar-refractivity contribution >= 4 is 37.5 Å². The van der Waals surface area contributed by atoms with Crippen LogP contribution in [0.3, 0.4) is 0 Å². The molecule has 0 unspecified atom stereocenters. The molecule has 1 saturated heterocycles. The maximum Gasteiger partial charge on any atom is 0.108 e. The van der Waals surface area contributed by atoms with Crippen molar-refractivity contribution in [3.05, 3.63) is 58.6 Å². The van der Waals surface area contributed by atoms with Gasteiger partial charge < -0.3 is 4.74 Å². The zero-order valence-electron chi connectivity index (χ0n) is 9.69. The smallest absolute Gasteiger partial charge is 0.108 e. The van der Waals surface area contributed by atoms with E-state index in [2.05, 4.69) is 64.5 Å². The fourth-order valence-corrected chi connectivity index (χ4v) is 3.23. The average molecular weight is 299 g/mol. The third-order valence-electron chi connectivity index (χ3n) is 3.57. The van der Waals surface area contributed by atoms with Gasteiger partial charge in [-0.05, 0) is 27.6 Å². The number of ether oxygens (including phenoxy) is 1. The van der Waals surface area contributed by atoms with Gasteiger partial charge in [-0.25, -0.2) is 0 Å². The van der Waals surface area contributed by atoms with Crippen LogP contribution < -0.4 is 0 Å². The highest BCUT2D eigenvalue weighted by molar-refractivity contribution is 9.10. The number of benzene rings is 3. The lowest BCUT2D eigenvalue weighted by atomic mass is 9.97. The molecular formula is C16H11BrO. The van der Waals surface area contributed by atoms with Crippen LogP contribution in [0.2, 0.25) is 0 Å². The van der Waals surface area contributed by atoms with E-state index in [0.717, 1.165) is 11.1 Å². The zero-order valence-corrected chi connectivity index (χ0v) is 11.3. The van der Waals surface area contributed by atoms with E-state index in [1.54, 1.807) is 0 Å². The molecule has 1 aliphatic rings. The first kappa shape index (κ1) is 10.5. The minimum atomic E-state index is 0.268. The predicted octanol–water partition coefficient (Wildman–Crippen LogP) is 4.83. The Bertz CT molecular complexity index is 759. The molecule has 0 bridgehead atoms. The largest absolute Gasteiger partial charge is 0.368 e. The lowest BCUT2D eigenvalue weighted by Gasteiger charge is -2.09. The highest BCUT2D eigenvalue weighted by Crippen LogP contribution is 2.41. The molecule has 3 aromatic rings. The van der Waals surface area contributed by atoms with Crippen LogP contribution in [0, 0.1) is 0 Å². The Morgan fingerprint density at radius 2 is 1.67 bits per heavy atom. The van der Waals surface area contributed by atoms with Gasteiger partial charge in [0.25, 0.3) is 0 Å². The fraction of sp³-hybridized carbons (Fsp3) is 0.125. The second-order valence-corrected chi connectivity index (χ2v) is 5.52. The summed E-state index contributed by atoms with van der Waals surface area (Å²) in [6, 6.07) is 17.2. The minimum absolute atomic E-state index is 0.268. The summed E-state index contributed by atoms with van der Waals surface area (Å²) in [6.45, 7) is 0.838. The summed E-state index contributed by atoms with van der Waals surface area (Å²) in [7, 11) is 0. The maximum atomic E-state index is 5.47. The minimum Gasteiger partial charge on any atom is -0.368 e. The van der Waals surface area contributed by atoms with Gasteiger partial charge in [0, 0.05) is 10.0 Å². The molecule has 0 radical (unpaired) electrons. The van der Waals surface area contributed by atoms with E-state index in [4.69, 9.17) is 4.74 Å². The molecule has 0 N–H and O–H groups in total. The fourth-order valence-electron chi connectivity index (χ4n) is 2.63. The molecule has 1 heterocycles. The standard InChI is InChI=1S/C16H11BrO/c17-14-8-7-12-11-4-2-1-3-10(11)5-6-13(12)16(14)15-9-18-15/h1-8,15H,9H2/t15-/m0/s1. The van der Waals surface area contributed by atoms with E-state index in [0.29, 0.717) is 0 Å². The van der Waals surface area contributed by atoms with Crippen LogP contribution in [-0.2, 0) is 4.74 Å². The second-order valence-electron chi connectivity index (χ2n) is 4.66. The number of fused-ring (bicyclic) bond motifs is 3. The molecule has 0 saturated carbocycles. The van der Waals surface area contributed by atoms with Crippen LogP contribution in [0.1, 0.15) is 11.7 Å². The lowest BCUT2D eigenvalue weighted by molar-refractivity contribution is 0.416. The van der Waals surface area contributed by atoms with E-state index in [-0.39, 0.29) is 6.10 Å². The van der Waals surface area contributed by atoms with Gasteiger partial charge in [-0.15, -0.1) is 0 Å². The molecular weight excluding hydrogens is 288 g/mol. The van der Waals surface area contributed by atoms with Gasteiger partial charge in [-0.3, -0.25) is 0 Å². The SMILES string of the molecule is Brc1ccc2c(ccc3ccccc32)c1[C@@H]1CO1. The molecule has 0 amide bonds. The van der Waals surface area contributed by atoms with Crippen molar-refractivity contribution in [1.29, 1.82) is 0 Å². The van der Waals surface area contributed by atoms with Crippen molar-refractivity contribution in [2.75, 3.05) is 6.61 Å². The number of halogens is 1. The highest BCUT2D eigenvalue weighted by atomic mass is 79.9.